The molecule has 11 heteroatoms. The van der Waals surface area contributed by atoms with Gasteiger partial charge in [-0.25, -0.2) is 21.2 Å². The number of aromatic nitrogens is 2. The highest BCUT2D eigenvalue weighted by Crippen LogP contribution is 2.25. The van der Waals surface area contributed by atoms with Crippen LogP contribution in [0.5, 0.6) is 0 Å². The molecule has 1 aromatic heterocycles. The second kappa shape index (κ2) is 6.81. The lowest BCUT2D eigenvalue weighted by atomic mass is 10.1. The fraction of sp³-hybridized carbons (Fsp3) is 0.429. The molecule has 0 aliphatic rings. The summed E-state index contributed by atoms with van der Waals surface area (Å²) in [7, 11) is -7.96. The maximum atomic E-state index is 13.9. The predicted molar refractivity (Wildman–Crippen MR) is 86.4 cm³/mol. The van der Waals surface area contributed by atoms with Crippen LogP contribution in [-0.4, -0.2) is 33.3 Å². The van der Waals surface area contributed by atoms with Crippen LogP contribution in [0.15, 0.2) is 32.7 Å². The summed E-state index contributed by atoms with van der Waals surface area (Å²) in [4.78, 5) is -0.513. The van der Waals surface area contributed by atoms with E-state index in [1.165, 1.54) is 12.1 Å². The van der Waals surface area contributed by atoms with Gasteiger partial charge in [0, 0.05) is 6.26 Å². The molecule has 138 valence electrons. The fourth-order valence-corrected chi connectivity index (χ4v) is 3.94. The number of hydrogen-bond donors (Lipinski definition) is 1. The fourth-order valence-electron chi connectivity index (χ4n) is 2.01. The number of nitrogens with one attached hydrogen (secondary N) is 1. The van der Waals surface area contributed by atoms with Crippen LogP contribution in [-0.2, 0) is 19.9 Å². The van der Waals surface area contributed by atoms with E-state index in [9.17, 15) is 21.2 Å². The van der Waals surface area contributed by atoms with Crippen LogP contribution in [0.4, 0.5) is 4.39 Å². The second-order valence-electron chi connectivity index (χ2n) is 5.96. The summed E-state index contributed by atoms with van der Waals surface area (Å²) in [6, 6.07) is 2.69. The number of nitrogens with zero attached hydrogens (tertiary/aromatic N) is 2. The lowest BCUT2D eigenvalue weighted by Gasteiger charge is -2.19. The average molecular weight is 391 g/mol. The number of rotatable bonds is 6. The van der Waals surface area contributed by atoms with Gasteiger partial charge < -0.3 is 4.42 Å². The summed E-state index contributed by atoms with van der Waals surface area (Å²) in [6.45, 7) is 4.98. The molecule has 2 aromatic rings. The molecule has 8 nitrogen and oxygen atoms in total. The third-order valence-corrected chi connectivity index (χ3v) is 5.59. The van der Waals surface area contributed by atoms with E-state index in [1.807, 2.05) is 0 Å². The zero-order chi connectivity index (χ0) is 19.0. The molecule has 1 atom stereocenters. The minimum Gasteiger partial charge on any atom is -0.411 e. The molecule has 0 unspecified atom stereocenters. The molecule has 1 N–H and O–H groups in total. The van der Waals surface area contributed by atoms with Crippen LogP contribution in [0.25, 0.3) is 0 Å². The first-order valence-corrected chi connectivity index (χ1v) is 10.6. The summed E-state index contributed by atoms with van der Waals surface area (Å²) in [5.74, 6) is -1.48. The monoisotopic (exact) mass is 391 g/mol. The first kappa shape index (κ1) is 19.5. The normalized spacial score (nSPS) is 14.0. The zero-order valence-corrected chi connectivity index (χ0v) is 15.6. The topological polar surface area (TPSA) is 119 Å². The Balaban J connectivity index is 2.42. The Bertz CT molecular complexity index is 984. The van der Waals surface area contributed by atoms with Crippen molar-refractivity contribution in [1.82, 2.24) is 14.9 Å². The van der Waals surface area contributed by atoms with Crippen LogP contribution in [0.2, 0.25) is 0 Å². The molecule has 0 spiro atoms. The van der Waals surface area contributed by atoms with E-state index >= 15 is 0 Å². The van der Waals surface area contributed by atoms with Gasteiger partial charge in [-0.15, -0.1) is 5.10 Å². The number of hydrogen-bond acceptors (Lipinski definition) is 7. The molecule has 0 amide bonds. The van der Waals surface area contributed by atoms with Crippen molar-refractivity contribution >= 4 is 19.9 Å². The average Bonchev–Trinajstić information content (AvgIpc) is 2.96. The number of halogens is 1. The maximum absolute atomic E-state index is 13.9. The third-order valence-electron chi connectivity index (χ3n) is 3.33. The predicted octanol–water partition coefficient (Wildman–Crippen LogP) is 1.60. The third kappa shape index (κ3) is 4.41. The van der Waals surface area contributed by atoms with Crippen molar-refractivity contribution in [3.8, 4) is 0 Å². The highest BCUT2D eigenvalue weighted by atomic mass is 32.2. The van der Waals surface area contributed by atoms with Crippen molar-refractivity contribution in [1.29, 1.82) is 0 Å². The molecule has 1 heterocycles. The van der Waals surface area contributed by atoms with Gasteiger partial charge in [0.05, 0.1) is 0 Å². The van der Waals surface area contributed by atoms with Gasteiger partial charge >= 0.3 is 5.22 Å². The first-order chi connectivity index (χ1) is 11.4. The summed E-state index contributed by atoms with van der Waals surface area (Å²) >= 11 is 0. The SMILES string of the molecule is Cc1ccc(F)c(S(=O)(=O)N[C@H](c2nnc(S(C)(=O)=O)o2)C(C)C)c1. The lowest BCUT2D eigenvalue weighted by Crippen LogP contribution is -2.32. The van der Waals surface area contributed by atoms with Crippen molar-refractivity contribution in [3.63, 3.8) is 0 Å². The van der Waals surface area contributed by atoms with Crippen molar-refractivity contribution in [2.24, 2.45) is 5.92 Å². The van der Waals surface area contributed by atoms with Gasteiger partial charge in [0.2, 0.25) is 25.8 Å². The summed E-state index contributed by atoms with van der Waals surface area (Å²) in [6.07, 6.45) is 0.890. The van der Waals surface area contributed by atoms with Crippen LogP contribution >= 0.6 is 0 Å². The van der Waals surface area contributed by atoms with Gasteiger partial charge in [-0.05, 0) is 30.5 Å². The molecule has 0 fully saturated rings. The molecule has 0 saturated carbocycles. The Kier molecular flexibility index (Phi) is 5.30. The molecule has 0 bridgehead atoms. The molecule has 0 saturated heterocycles. The summed E-state index contributed by atoms with van der Waals surface area (Å²) in [5.41, 5.74) is 0.569. The van der Waals surface area contributed by atoms with Gasteiger partial charge in [-0.1, -0.05) is 25.0 Å². The Morgan fingerprint density at radius 3 is 2.32 bits per heavy atom. The van der Waals surface area contributed by atoms with Crippen molar-refractivity contribution in [3.05, 3.63) is 35.5 Å². The highest BCUT2D eigenvalue weighted by Gasteiger charge is 2.31. The van der Waals surface area contributed by atoms with E-state index in [1.54, 1.807) is 20.8 Å². The number of sulfonamides is 1. The molecule has 1 aromatic carbocycles. The van der Waals surface area contributed by atoms with Crippen LogP contribution in [0.3, 0.4) is 0 Å². The van der Waals surface area contributed by atoms with E-state index in [0.717, 1.165) is 12.3 Å². The molecule has 0 aliphatic heterocycles. The van der Waals surface area contributed by atoms with Crippen LogP contribution < -0.4 is 4.72 Å². The Hall–Kier alpha value is -1.85. The number of benzene rings is 1. The first-order valence-electron chi connectivity index (χ1n) is 7.24. The minimum atomic E-state index is -4.23. The maximum Gasteiger partial charge on any atom is 0.335 e. The van der Waals surface area contributed by atoms with Crippen LogP contribution in [0.1, 0.15) is 31.3 Å². The Morgan fingerprint density at radius 2 is 1.80 bits per heavy atom. The van der Waals surface area contributed by atoms with Gasteiger partial charge in [0.15, 0.2) is 0 Å². The van der Waals surface area contributed by atoms with E-state index in [0.29, 0.717) is 5.56 Å². The zero-order valence-electron chi connectivity index (χ0n) is 14.0. The van der Waals surface area contributed by atoms with E-state index in [2.05, 4.69) is 14.9 Å². The van der Waals surface area contributed by atoms with Crippen molar-refractivity contribution < 1.29 is 25.6 Å². The van der Waals surface area contributed by atoms with E-state index in [-0.39, 0.29) is 11.8 Å². The largest absolute Gasteiger partial charge is 0.411 e. The lowest BCUT2D eigenvalue weighted by molar-refractivity contribution is 0.327. The van der Waals surface area contributed by atoms with E-state index < -0.39 is 41.8 Å². The summed E-state index contributed by atoms with van der Waals surface area (Å²) in [5, 5.41) is 6.40. The van der Waals surface area contributed by atoms with Gasteiger partial charge in [-0.2, -0.15) is 4.72 Å². The van der Waals surface area contributed by atoms with E-state index in [4.69, 9.17) is 4.42 Å². The van der Waals surface area contributed by atoms with Crippen molar-refractivity contribution in [2.45, 2.75) is 36.9 Å². The number of sulfone groups is 1. The van der Waals surface area contributed by atoms with Gasteiger partial charge in [0.25, 0.3) is 0 Å². The molecule has 0 aliphatic carbocycles. The molecular formula is C14H18FN3O5S2. The molecular weight excluding hydrogens is 373 g/mol. The number of aryl methyl sites for hydroxylation is 1. The minimum absolute atomic E-state index is 0.216. The second-order valence-corrected chi connectivity index (χ2v) is 9.53. The van der Waals surface area contributed by atoms with Crippen molar-refractivity contribution in [2.75, 3.05) is 6.26 Å². The molecule has 2 rings (SSSR count). The van der Waals surface area contributed by atoms with Gasteiger partial charge in [0.1, 0.15) is 16.8 Å². The summed E-state index contributed by atoms with van der Waals surface area (Å²) < 4.78 is 69.3. The molecule has 0 radical (unpaired) electrons. The van der Waals surface area contributed by atoms with Gasteiger partial charge in [-0.3, -0.25) is 0 Å². The standard InChI is InChI=1S/C14H18FN3O5S2/c1-8(2)12(13-16-17-14(23-13)24(4,19)20)18-25(21,22)11-7-9(3)5-6-10(11)15/h5-8,12,18H,1-4H3/t12-/m0/s1. The smallest absolute Gasteiger partial charge is 0.335 e. The molecule has 25 heavy (non-hydrogen) atoms. The highest BCUT2D eigenvalue weighted by molar-refractivity contribution is 7.90. The Morgan fingerprint density at radius 1 is 1.16 bits per heavy atom. The quantitative estimate of drug-likeness (QED) is 0.794. The van der Waals surface area contributed by atoms with Crippen LogP contribution in [0, 0.1) is 18.7 Å². The Labute approximate surface area is 145 Å².